The number of nitrogens with zero attached hydrogens (tertiary/aromatic N) is 1. The average Bonchev–Trinajstić information content (AvgIpc) is 2.62. The molecule has 0 spiro atoms. The zero-order valence-corrected chi connectivity index (χ0v) is 15.2. The number of halogens is 2. The van der Waals surface area contributed by atoms with Crippen molar-refractivity contribution >= 4 is 34.9 Å². The van der Waals surface area contributed by atoms with Gasteiger partial charge in [-0.1, -0.05) is 35.3 Å². The summed E-state index contributed by atoms with van der Waals surface area (Å²) in [7, 11) is 1.25. The van der Waals surface area contributed by atoms with E-state index in [-0.39, 0.29) is 29.5 Å². The van der Waals surface area contributed by atoms with Crippen LogP contribution in [0.15, 0.2) is 42.5 Å². The first-order chi connectivity index (χ1) is 12.4. The molecule has 1 unspecified atom stereocenters. The van der Waals surface area contributed by atoms with Crippen LogP contribution in [0.1, 0.15) is 6.42 Å². The van der Waals surface area contributed by atoms with Gasteiger partial charge >= 0.3 is 5.97 Å². The quantitative estimate of drug-likeness (QED) is 0.373. The van der Waals surface area contributed by atoms with Crippen LogP contribution >= 0.6 is 23.2 Å². The molecule has 0 aliphatic rings. The number of nitro benzene ring substituents is 1. The molecule has 0 aromatic heterocycles. The van der Waals surface area contributed by atoms with E-state index in [0.29, 0.717) is 10.8 Å². The maximum absolute atomic E-state index is 11.9. The van der Waals surface area contributed by atoms with E-state index in [9.17, 15) is 14.9 Å². The molecule has 0 aliphatic carbocycles. The fraction of sp³-hybridized carbons (Fsp3) is 0.235. The molecule has 0 saturated carbocycles. The highest BCUT2D eigenvalue weighted by molar-refractivity contribution is 6.32. The summed E-state index contributed by atoms with van der Waals surface area (Å²) in [4.78, 5) is 22.1. The van der Waals surface area contributed by atoms with Crippen LogP contribution in [0.4, 0.5) is 5.69 Å². The predicted octanol–water partition coefficient (Wildman–Crippen LogP) is 4.29. The maximum atomic E-state index is 11.9. The number of hydrogen-bond acceptors (Lipinski definition) is 6. The van der Waals surface area contributed by atoms with E-state index in [4.69, 9.17) is 37.4 Å². The molecular formula is C17H15Cl2NO6. The second kappa shape index (κ2) is 9.26. The number of methoxy groups -OCH3 is 1. The third-order valence-electron chi connectivity index (χ3n) is 3.33. The SMILES string of the molecule is COC(=O)C(CCOc1ccc([N+](=O)[O-])cc1Cl)Oc1ccccc1Cl. The Morgan fingerprint density at radius 1 is 1.15 bits per heavy atom. The van der Waals surface area contributed by atoms with Crippen molar-refractivity contribution in [1.82, 2.24) is 0 Å². The van der Waals surface area contributed by atoms with Gasteiger partial charge in [-0.15, -0.1) is 0 Å². The van der Waals surface area contributed by atoms with Gasteiger partial charge < -0.3 is 14.2 Å². The normalized spacial score (nSPS) is 11.5. The van der Waals surface area contributed by atoms with Crippen molar-refractivity contribution in [2.45, 2.75) is 12.5 Å². The van der Waals surface area contributed by atoms with Crippen molar-refractivity contribution in [3.63, 3.8) is 0 Å². The number of non-ortho nitro benzene ring substituents is 1. The smallest absolute Gasteiger partial charge is 0.347 e. The number of rotatable bonds is 8. The van der Waals surface area contributed by atoms with Crippen LogP contribution in [0.25, 0.3) is 0 Å². The number of esters is 1. The minimum absolute atomic E-state index is 0.0712. The molecule has 0 fully saturated rings. The molecule has 0 radical (unpaired) electrons. The topological polar surface area (TPSA) is 87.9 Å². The molecule has 0 amide bonds. The molecule has 1 atom stereocenters. The summed E-state index contributed by atoms with van der Waals surface area (Å²) < 4.78 is 15.8. The van der Waals surface area contributed by atoms with Gasteiger partial charge in [0.05, 0.1) is 28.7 Å². The second-order valence-electron chi connectivity index (χ2n) is 5.07. The first-order valence-electron chi connectivity index (χ1n) is 7.48. The molecule has 0 aliphatic heterocycles. The highest BCUT2D eigenvalue weighted by Crippen LogP contribution is 2.29. The number of carbonyl (C=O) groups excluding carboxylic acids is 1. The molecule has 0 N–H and O–H groups in total. The van der Waals surface area contributed by atoms with E-state index in [1.54, 1.807) is 24.3 Å². The van der Waals surface area contributed by atoms with Crippen LogP contribution in [0.2, 0.25) is 10.0 Å². The summed E-state index contributed by atoms with van der Waals surface area (Å²) in [5, 5.41) is 11.2. The van der Waals surface area contributed by atoms with E-state index in [1.165, 1.54) is 25.3 Å². The first-order valence-corrected chi connectivity index (χ1v) is 8.23. The van der Waals surface area contributed by atoms with E-state index < -0.39 is 17.0 Å². The van der Waals surface area contributed by atoms with E-state index in [1.807, 2.05) is 0 Å². The zero-order valence-electron chi connectivity index (χ0n) is 13.7. The van der Waals surface area contributed by atoms with E-state index in [0.717, 1.165) is 0 Å². The number of hydrogen-bond donors (Lipinski definition) is 0. The molecular weight excluding hydrogens is 385 g/mol. The number of para-hydroxylation sites is 1. The van der Waals surface area contributed by atoms with Crippen molar-refractivity contribution in [1.29, 1.82) is 0 Å². The Hall–Kier alpha value is -2.51. The van der Waals surface area contributed by atoms with Gasteiger partial charge in [0.15, 0.2) is 6.10 Å². The number of benzene rings is 2. The summed E-state index contributed by atoms with van der Waals surface area (Å²) in [5.74, 6) is 0.0277. The summed E-state index contributed by atoms with van der Waals surface area (Å²) in [6, 6.07) is 10.6. The number of carbonyl (C=O) groups is 1. The van der Waals surface area contributed by atoms with Gasteiger partial charge in [0.1, 0.15) is 11.5 Å². The summed E-state index contributed by atoms with van der Waals surface area (Å²) in [5.41, 5.74) is -0.142. The first kappa shape index (κ1) is 19.8. The van der Waals surface area contributed by atoms with Gasteiger partial charge in [-0.3, -0.25) is 10.1 Å². The Morgan fingerprint density at radius 2 is 1.88 bits per heavy atom. The fourth-order valence-electron chi connectivity index (χ4n) is 2.05. The fourth-order valence-corrected chi connectivity index (χ4v) is 2.46. The van der Waals surface area contributed by atoms with Gasteiger partial charge in [-0.05, 0) is 18.2 Å². The maximum Gasteiger partial charge on any atom is 0.347 e. The van der Waals surface area contributed by atoms with Crippen LogP contribution in [0.3, 0.4) is 0 Å². The molecule has 0 heterocycles. The Morgan fingerprint density at radius 3 is 2.50 bits per heavy atom. The van der Waals surface area contributed by atoms with Crippen LogP contribution in [0.5, 0.6) is 11.5 Å². The molecule has 2 aromatic rings. The number of ether oxygens (including phenoxy) is 3. The van der Waals surface area contributed by atoms with E-state index in [2.05, 4.69) is 0 Å². The molecule has 138 valence electrons. The third-order valence-corrected chi connectivity index (χ3v) is 3.94. The Kier molecular flexibility index (Phi) is 7.06. The summed E-state index contributed by atoms with van der Waals surface area (Å²) in [6.45, 7) is 0.0712. The molecule has 2 rings (SSSR count). The van der Waals surface area contributed by atoms with E-state index >= 15 is 0 Å². The van der Waals surface area contributed by atoms with Gasteiger partial charge in [-0.25, -0.2) is 4.79 Å². The van der Waals surface area contributed by atoms with Gasteiger partial charge in [0, 0.05) is 18.6 Å². The standard InChI is InChI=1S/C17H15Cl2NO6/c1-24-17(21)16(26-15-5-3-2-4-12(15)18)8-9-25-14-7-6-11(20(22)23)10-13(14)19/h2-7,10,16H,8-9H2,1H3. The van der Waals surface area contributed by atoms with Crippen molar-refractivity contribution in [2.24, 2.45) is 0 Å². The lowest BCUT2D eigenvalue weighted by Gasteiger charge is -2.18. The van der Waals surface area contributed by atoms with Crippen LogP contribution < -0.4 is 9.47 Å². The average molecular weight is 400 g/mol. The predicted molar refractivity (Wildman–Crippen MR) is 96.1 cm³/mol. The summed E-state index contributed by atoms with van der Waals surface area (Å²) in [6.07, 6.45) is -0.776. The van der Waals surface area contributed by atoms with Crippen molar-refractivity contribution < 1.29 is 23.9 Å². The minimum Gasteiger partial charge on any atom is -0.492 e. The number of nitro groups is 1. The van der Waals surface area contributed by atoms with Crippen LogP contribution in [0, 0.1) is 10.1 Å². The molecule has 26 heavy (non-hydrogen) atoms. The highest BCUT2D eigenvalue weighted by atomic mass is 35.5. The Balaban J connectivity index is 2.00. The minimum atomic E-state index is -0.934. The highest BCUT2D eigenvalue weighted by Gasteiger charge is 2.22. The lowest BCUT2D eigenvalue weighted by Crippen LogP contribution is -2.30. The van der Waals surface area contributed by atoms with Crippen LogP contribution in [-0.2, 0) is 9.53 Å². The molecule has 9 heteroatoms. The molecule has 7 nitrogen and oxygen atoms in total. The third kappa shape index (κ3) is 5.24. The summed E-state index contributed by atoms with van der Waals surface area (Å²) >= 11 is 12.0. The Bertz CT molecular complexity index is 799. The molecule has 0 bridgehead atoms. The van der Waals surface area contributed by atoms with Crippen LogP contribution in [-0.4, -0.2) is 30.7 Å². The Labute approximate surface area is 159 Å². The van der Waals surface area contributed by atoms with Gasteiger partial charge in [0.25, 0.3) is 5.69 Å². The zero-order chi connectivity index (χ0) is 19.1. The van der Waals surface area contributed by atoms with Gasteiger partial charge in [-0.2, -0.15) is 0 Å². The van der Waals surface area contributed by atoms with Crippen molar-refractivity contribution in [3.05, 3.63) is 62.6 Å². The lowest BCUT2D eigenvalue weighted by molar-refractivity contribution is -0.384. The lowest BCUT2D eigenvalue weighted by atomic mass is 10.2. The van der Waals surface area contributed by atoms with Crippen molar-refractivity contribution in [3.8, 4) is 11.5 Å². The largest absolute Gasteiger partial charge is 0.492 e. The molecule has 2 aromatic carbocycles. The second-order valence-corrected chi connectivity index (χ2v) is 5.88. The molecule has 0 saturated heterocycles. The van der Waals surface area contributed by atoms with Crippen molar-refractivity contribution in [2.75, 3.05) is 13.7 Å². The monoisotopic (exact) mass is 399 g/mol. The van der Waals surface area contributed by atoms with Gasteiger partial charge in [0.2, 0.25) is 0 Å².